The van der Waals surface area contributed by atoms with E-state index in [9.17, 15) is 5.11 Å². The van der Waals surface area contributed by atoms with Crippen molar-refractivity contribution in [3.63, 3.8) is 0 Å². The second-order valence-corrected chi connectivity index (χ2v) is 6.43. The molecular weight excluding hydrogens is 294 g/mol. The summed E-state index contributed by atoms with van der Waals surface area (Å²) in [5.74, 6) is 2.76. The van der Waals surface area contributed by atoms with Crippen molar-refractivity contribution in [3.05, 3.63) is 41.5 Å². The molecule has 1 aromatic carbocycles. The summed E-state index contributed by atoms with van der Waals surface area (Å²) < 4.78 is 10.6. The van der Waals surface area contributed by atoms with Crippen molar-refractivity contribution in [1.82, 2.24) is 15.0 Å². The molecule has 1 aliphatic heterocycles. The molecule has 2 aromatic rings. The highest BCUT2D eigenvalue weighted by molar-refractivity contribution is 5.31. The van der Waals surface area contributed by atoms with E-state index in [2.05, 4.69) is 21.1 Å². The van der Waals surface area contributed by atoms with Crippen LogP contribution in [0.2, 0.25) is 0 Å². The highest BCUT2D eigenvalue weighted by Gasteiger charge is 2.34. The number of benzene rings is 1. The maximum atomic E-state index is 10.1. The summed E-state index contributed by atoms with van der Waals surface area (Å²) in [6.07, 6.45) is 2.68. The minimum Gasteiger partial charge on any atom is -0.497 e. The molecular formula is C17H21N3O3. The predicted molar refractivity (Wildman–Crippen MR) is 83.0 cm³/mol. The Morgan fingerprint density at radius 3 is 3.04 bits per heavy atom. The molecule has 1 saturated carbocycles. The molecule has 1 aliphatic carbocycles. The first-order valence-corrected chi connectivity index (χ1v) is 8.11. The quantitative estimate of drug-likeness (QED) is 0.912. The first-order chi connectivity index (χ1) is 11.2. The van der Waals surface area contributed by atoms with Crippen LogP contribution < -0.4 is 4.74 Å². The summed E-state index contributed by atoms with van der Waals surface area (Å²) in [6, 6.07) is 8.16. The Morgan fingerprint density at radius 1 is 1.39 bits per heavy atom. The van der Waals surface area contributed by atoms with Crippen molar-refractivity contribution >= 4 is 0 Å². The normalized spacial score (nSPS) is 25.0. The standard InChI is InChI=1S/C17H21N3O3/c1-22-14-4-2-3-12(7-14)15-8-13(21)9-20(15)10-16-18-17(23-19-16)11-5-6-11/h2-4,7,11,13,15,21H,5-6,8-10H2,1H3/t13-,15-/m1/s1. The maximum absolute atomic E-state index is 10.1. The van der Waals surface area contributed by atoms with Gasteiger partial charge in [-0.3, -0.25) is 4.90 Å². The molecule has 0 unspecified atom stereocenters. The third-order valence-corrected chi connectivity index (χ3v) is 4.61. The number of aromatic nitrogens is 2. The van der Waals surface area contributed by atoms with Gasteiger partial charge in [0.25, 0.3) is 0 Å². The van der Waals surface area contributed by atoms with Crippen molar-refractivity contribution in [3.8, 4) is 5.75 Å². The summed E-state index contributed by atoms with van der Waals surface area (Å²) in [7, 11) is 1.67. The largest absolute Gasteiger partial charge is 0.497 e. The van der Waals surface area contributed by atoms with E-state index in [0.717, 1.165) is 30.0 Å². The monoisotopic (exact) mass is 315 g/mol. The van der Waals surface area contributed by atoms with E-state index in [4.69, 9.17) is 9.26 Å². The Kier molecular flexibility index (Phi) is 3.79. The van der Waals surface area contributed by atoms with Crippen LogP contribution >= 0.6 is 0 Å². The first-order valence-electron chi connectivity index (χ1n) is 8.11. The Balaban J connectivity index is 1.52. The number of methoxy groups -OCH3 is 1. The molecule has 0 amide bonds. The Hall–Kier alpha value is -1.92. The summed E-state index contributed by atoms with van der Waals surface area (Å²) in [4.78, 5) is 6.71. The number of aliphatic hydroxyl groups excluding tert-OH is 1. The van der Waals surface area contributed by atoms with Crippen LogP contribution in [0.15, 0.2) is 28.8 Å². The minimum atomic E-state index is -0.332. The van der Waals surface area contributed by atoms with Crippen molar-refractivity contribution < 1.29 is 14.4 Å². The summed E-state index contributed by atoms with van der Waals surface area (Å²) in [6.45, 7) is 1.21. The third kappa shape index (κ3) is 3.09. The van der Waals surface area contributed by atoms with Gasteiger partial charge < -0.3 is 14.4 Å². The van der Waals surface area contributed by atoms with Gasteiger partial charge in [-0.2, -0.15) is 4.98 Å². The third-order valence-electron chi connectivity index (χ3n) is 4.61. The SMILES string of the molecule is COc1cccc([C@H]2C[C@@H](O)CN2Cc2noc(C3CC3)n2)c1. The summed E-state index contributed by atoms with van der Waals surface area (Å²) in [5, 5.41) is 14.2. The fourth-order valence-electron chi connectivity index (χ4n) is 3.26. The lowest BCUT2D eigenvalue weighted by molar-refractivity contribution is 0.170. The number of nitrogens with zero attached hydrogens (tertiary/aromatic N) is 3. The van der Waals surface area contributed by atoms with Crippen LogP contribution in [0.25, 0.3) is 0 Å². The van der Waals surface area contributed by atoms with Gasteiger partial charge in [0.05, 0.1) is 19.8 Å². The van der Waals surface area contributed by atoms with E-state index in [1.165, 1.54) is 0 Å². The van der Waals surface area contributed by atoms with Crippen LogP contribution in [-0.2, 0) is 6.54 Å². The van der Waals surface area contributed by atoms with E-state index < -0.39 is 0 Å². The zero-order chi connectivity index (χ0) is 15.8. The predicted octanol–water partition coefficient (Wildman–Crippen LogP) is 2.26. The Morgan fingerprint density at radius 2 is 2.26 bits per heavy atom. The molecule has 2 heterocycles. The van der Waals surface area contributed by atoms with Crippen molar-refractivity contribution in [2.24, 2.45) is 0 Å². The fraction of sp³-hybridized carbons (Fsp3) is 0.529. The van der Waals surface area contributed by atoms with Gasteiger partial charge in [0.1, 0.15) is 5.75 Å². The average Bonchev–Trinajstić information content (AvgIpc) is 3.21. The maximum Gasteiger partial charge on any atom is 0.229 e. The molecule has 0 radical (unpaired) electrons. The molecule has 1 N–H and O–H groups in total. The lowest BCUT2D eigenvalue weighted by atomic mass is 10.0. The molecule has 122 valence electrons. The number of β-amino-alcohol motifs (C(OH)–C–C–N with tert-alkyl or cyclic N) is 1. The van der Waals surface area contributed by atoms with Crippen LogP contribution in [0.3, 0.4) is 0 Å². The van der Waals surface area contributed by atoms with Crippen molar-refractivity contribution in [1.29, 1.82) is 0 Å². The van der Waals surface area contributed by atoms with E-state index in [1.54, 1.807) is 7.11 Å². The van der Waals surface area contributed by atoms with Gasteiger partial charge in [0, 0.05) is 18.5 Å². The van der Waals surface area contributed by atoms with Gasteiger partial charge in [-0.1, -0.05) is 17.3 Å². The molecule has 4 rings (SSSR count). The topological polar surface area (TPSA) is 71.6 Å². The van der Waals surface area contributed by atoms with Crippen LogP contribution in [-0.4, -0.2) is 39.9 Å². The van der Waals surface area contributed by atoms with E-state index in [1.807, 2.05) is 18.2 Å². The number of aliphatic hydroxyl groups is 1. The molecule has 1 saturated heterocycles. The molecule has 23 heavy (non-hydrogen) atoms. The first kappa shape index (κ1) is 14.7. The molecule has 0 spiro atoms. The van der Waals surface area contributed by atoms with E-state index in [0.29, 0.717) is 31.3 Å². The van der Waals surface area contributed by atoms with E-state index in [-0.39, 0.29) is 12.1 Å². The van der Waals surface area contributed by atoms with Crippen LogP contribution in [0.4, 0.5) is 0 Å². The van der Waals surface area contributed by atoms with Crippen molar-refractivity contribution in [2.45, 2.75) is 43.9 Å². The Bertz CT molecular complexity index is 683. The number of rotatable bonds is 5. The number of hydrogen-bond donors (Lipinski definition) is 1. The number of ether oxygens (including phenoxy) is 1. The Labute approximate surface area is 135 Å². The molecule has 6 heteroatoms. The van der Waals surface area contributed by atoms with Crippen molar-refractivity contribution in [2.75, 3.05) is 13.7 Å². The number of hydrogen-bond acceptors (Lipinski definition) is 6. The van der Waals surface area contributed by atoms with Gasteiger partial charge in [-0.25, -0.2) is 0 Å². The molecule has 2 fully saturated rings. The second kappa shape index (κ2) is 5.94. The lowest BCUT2D eigenvalue weighted by Crippen LogP contribution is -2.25. The van der Waals surface area contributed by atoms with Crippen LogP contribution in [0.5, 0.6) is 5.75 Å². The molecule has 1 aromatic heterocycles. The molecule has 0 bridgehead atoms. The smallest absolute Gasteiger partial charge is 0.229 e. The van der Waals surface area contributed by atoms with Gasteiger partial charge >= 0.3 is 0 Å². The highest BCUT2D eigenvalue weighted by atomic mass is 16.5. The van der Waals surface area contributed by atoms with Crippen LogP contribution in [0.1, 0.15) is 48.5 Å². The zero-order valence-electron chi connectivity index (χ0n) is 13.2. The van der Waals surface area contributed by atoms with Gasteiger partial charge in [0.15, 0.2) is 5.82 Å². The molecule has 2 aliphatic rings. The van der Waals surface area contributed by atoms with E-state index >= 15 is 0 Å². The molecule has 6 nitrogen and oxygen atoms in total. The van der Waals surface area contributed by atoms with Crippen LogP contribution in [0, 0.1) is 0 Å². The summed E-state index contributed by atoms with van der Waals surface area (Å²) >= 11 is 0. The average molecular weight is 315 g/mol. The molecule has 2 atom stereocenters. The lowest BCUT2D eigenvalue weighted by Gasteiger charge is -2.23. The van der Waals surface area contributed by atoms with Gasteiger partial charge in [-0.15, -0.1) is 0 Å². The summed E-state index contributed by atoms with van der Waals surface area (Å²) in [5.41, 5.74) is 1.15. The van der Waals surface area contributed by atoms with Gasteiger partial charge in [0.2, 0.25) is 5.89 Å². The highest BCUT2D eigenvalue weighted by Crippen LogP contribution is 2.39. The second-order valence-electron chi connectivity index (χ2n) is 6.43. The van der Waals surface area contributed by atoms with Gasteiger partial charge in [-0.05, 0) is 37.0 Å². The number of likely N-dealkylation sites (tertiary alicyclic amines) is 1. The minimum absolute atomic E-state index is 0.142. The fourth-order valence-corrected chi connectivity index (χ4v) is 3.26. The zero-order valence-corrected chi connectivity index (χ0v) is 13.2.